The van der Waals surface area contributed by atoms with E-state index < -0.39 is 11.6 Å². The third kappa shape index (κ3) is 5.99. The highest BCUT2D eigenvalue weighted by Gasteiger charge is 2.20. The van der Waals surface area contributed by atoms with E-state index in [0.717, 1.165) is 15.8 Å². The van der Waals surface area contributed by atoms with Gasteiger partial charge in [0.05, 0.1) is 18.6 Å². The van der Waals surface area contributed by atoms with E-state index in [9.17, 15) is 9.59 Å². The second-order valence-electron chi connectivity index (χ2n) is 4.89. The van der Waals surface area contributed by atoms with Gasteiger partial charge in [0.25, 0.3) is 0 Å². The molecule has 0 aliphatic carbocycles. The first-order chi connectivity index (χ1) is 9.32. The largest absolute Gasteiger partial charge is 0.478 e. The van der Waals surface area contributed by atoms with Crippen molar-refractivity contribution in [3.05, 3.63) is 28.0 Å². The fraction of sp³-hybridized carbons (Fsp3) is 0.429. The number of hydrogen-bond donors (Lipinski definition) is 2. The Morgan fingerprint density at radius 1 is 1.45 bits per heavy atom. The number of hydrogen-bond acceptors (Lipinski definition) is 4. The van der Waals surface area contributed by atoms with Crippen LogP contribution in [-0.2, 0) is 20.9 Å². The van der Waals surface area contributed by atoms with Crippen LogP contribution in [0.1, 0.15) is 30.0 Å². The number of methoxy groups -OCH3 is 1. The molecule has 1 heterocycles. The van der Waals surface area contributed by atoms with Gasteiger partial charge in [-0.3, -0.25) is 4.79 Å². The molecule has 0 bridgehead atoms. The zero-order chi connectivity index (χ0) is 15.2. The Kier molecular flexibility index (Phi) is 5.91. The van der Waals surface area contributed by atoms with Crippen LogP contribution < -0.4 is 5.32 Å². The quantitative estimate of drug-likeness (QED) is 0.757. The maximum absolute atomic E-state index is 11.7. The van der Waals surface area contributed by atoms with E-state index in [-0.39, 0.29) is 5.91 Å². The molecular weight excluding hydrogens is 278 g/mol. The van der Waals surface area contributed by atoms with Crippen LogP contribution in [0.25, 0.3) is 6.08 Å². The number of carboxylic acid groups (broad SMARTS) is 1. The van der Waals surface area contributed by atoms with Crippen molar-refractivity contribution in [1.82, 2.24) is 5.32 Å². The van der Waals surface area contributed by atoms with Gasteiger partial charge < -0.3 is 15.2 Å². The molecule has 0 unspecified atom stereocenters. The van der Waals surface area contributed by atoms with Gasteiger partial charge in [0.1, 0.15) is 0 Å². The fourth-order valence-electron chi connectivity index (χ4n) is 1.44. The Morgan fingerprint density at radius 3 is 2.75 bits per heavy atom. The minimum Gasteiger partial charge on any atom is -0.478 e. The van der Waals surface area contributed by atoms with E-state index in [2.05, 4.69) is 5.32 Å². The van der Waals surface area contributed by atoms with Crippen LogP contribution >= 0.6 is 11.3 Å². The number of nitrogens with one attached hydrogen (secondary N) is 1. The Balaban J connectivity index is 2.46. The fourth-order valence-corrected chi connectivity index (χ4v) is 2.29. The van der Waals surface area contributed by atoms with Gasteiger partial charge in [-0.1, -0.05) is 0 Å². The molecular formula is C14H19NO4S. The molecule has 1 rings (SSSR count). The maximum Gasteiger partial charge on any atom is 0.328 e. The molecule has 20 heavy (non-hydrogen) atoms. The molecule has 1 aromatic rings. The summed E-state index contributed by atoms with van der Waals surface area (Å²) in [5, 5.41) is 11.4. The van der Waals surface area contributed by atoms with Crippen molar-refractivity contribution in [2.75, 3.05) is 7.11 Å². The van der Waals surface area contributed by atoms with Gasteiger partial charge in [0.2, 0.25) is 5.91 Å². The molecule has 0 atom stereocenters. The highest BCUT2D eigenvalue weighted by Crippen LogP contribution is 2.18. The Bertz CT molecular complexity index is 505. The van der Waals surface area contributed by atoms with Crippen LogP contribution in [0.3, 0.4) is 0 Å². The third-order valence-corrected chi connectivity index (χ3v) is 3.72. The molecule has 1 amide bonds. The number of amides is 1. The SMILES string of the molecule is COC(C)(C)CC(=O)NCc1ccc(/C=C/C(=O)O)s1. The summed E-state index contributed by atoms with van der Waals surface area (Å²) in [6, 6.07) is 3.69. The van der Waals surface area contributed by atoms with E-state index in [4.69, 9.17) is 9.84 Å². The number of ether oxygens (including phenoxy) is 1. The maximum atomic E-state index is 11.7. The summed E-state index contributed by atoms with van der Waals surface area (Å²) in [6.07, 6.45) is 2.92. The van der Waals surface area contributed by atoms with Gasteiger partial charge in [-0.2, -0.15) is 0 Å². The Morgan fingerprint density at radius 2 is 2.15 bits per heavy atom. The standard InChI is InChI=1S/C14H19NO4S/c1-14(2,19-3)8-12(16)15-9-11-5-4-10(20-11)6-7-13(17)18/h4-7H,8-9H2,1-3H3,(H,15,16)(H,17,18)/b7-6+. The molecule has 0 saturated carbocycles. The zero-order valence-electron chi connectivity index (χ0n) is 11.8. The summed E-state index contributed by atoms with van der Waals surface area (Å²) < 4.78 is 5.20. The van der Waals surface area contributed by atoms with Gasteiger partial charge in [-0.05, 0) is 32.1 Å². The van der Waals surface area contributed by atoms with Crippen molar-refractivity contribution < 1.29 is 19.4 Å². The lowest BCUT2D eigenvalue weighted by atomic mass is 10.1. The summed E-state index contributed by atoms with van der Waals surface area (Å²) in [6.45, 7) is 4.14. The van der Waals surface area contributed by atoms with E-state index in [0.29, 0.717) is 13.0 Å². The predicted octanol–water partition coefficient (Wildman–Crippen LogP) is 2.28. The number of carboxylic acids is 1. The molecule has 110 valence electrons. The van der Waals surface area contributed by atoms with Gasteiger partial charge in [0, 0.05) is 22.9 Å². The van der Waals surface area contributed by atoms with Crippen molar-refractivity contribution in [2.24, 2.45) is 0 Å². The lowest BCUT2D eigenvalue weighted by Gasteiger charge is -2.21. The normalized spacial score (nSPS) is 11.8. The van der Waals surface area contributed by atoms with E-state index in [1.54, 1.807) is 7.11 Å². The molecule has 0 radical (unpaired) electrons. The Labute approximate surface area is 122 Å². The molecule has 0 spiro atoms. The van der Waals surface area contributed by atoms with Crippen molar-refractivity contribution in [3.8, 4) is 0 Å². The highest BCUT2D eigenvalue weighted by molar-refractivity contribution is 7.12. The second-order valence-corrected chi connectivity index (χ2v) is 6.09. The predicted molar refractivity (Wildman–Crippen MR) is 78.5 cm³/mol. The van der Waals surface area contributed by atoms with E-state index in [1.165, 1.54) is 17.4 Å². The van der Waals surface area contributed by atoms with Gasteiger partial charge in [-0.25, -0.2) is 4.79 Å². The molecule has 0 aliphatic rings. The first kappa shape index (κ1) is 16.4. The van der Waals surface area contributed by atoms with Crippen molar-refractivity contribution in [2.45, 2.75) is 32.4 Å². The summed E-state index contributed by atoms with van der Waals surface area (Å²) >= 11 is 1.44. The molecule has 1 aromatic heterocycles. The van der Waals surface area contributed by atoms with Crippen LogP contribution in [-0.4, -0.2) is 29.7 Å². The first-order valence-electron chi connectivity index (χ1n) is 6.14. The molecule has 5 nitrogen and oxygen atoms in total. The summed E-state index contributed by atoms with van der Waals surface area (Å²) in [5.74, 6) is -1.05. The average Bonchev–Trinajstić information content (AvgIpc) is 2.81. The highest BCUT2D eigenvalue weighted by atomic mass is 32.1. The molecule has 2 N–H and O–H groups in total. The van der Waals surface area contributed by atoms with E-state index >= 15 is 0 Å². The third-order valence-electron chi connectivity index (χ3n) is 2.67. The van der Waals surface area contributed by atoms with Crippen LogP contribution in [0.2, 0.25) is 0 Å². The molecule has 6 heteroatoms. The second kappa shape index (κ2) is 7.21. The van der Waals surface area contributed by atoms with Gasteiger partial charge in [-0.15, -0.1) is 11.3 Å². The number of carbonyl (C=O) groups excluding carboxylic acids is 1. The topological polar surface area (TPSA) is 75.6 Å². The number of rotatable bonds is 7. The minimum absolute atomic E-state index is 0.0760. The first-order valence-corrected chi connectivity index (χ1v) is 6.95. The number of aliphatic carboxylic acids is 1. The lowest BCUT2D eigenvalue weighted by Crippen LogP contribution is -2.33. The van der Waals surface area contributed by atoms with Crippen LogP contribution in [0.15, 0.2) is 18.2 Å². The summed E-state index contributed by atoms with van der Waals surface area (Å²) in [4.78, 5) is 24.0. The number of thiophene rings is 1. The van der Waals surface area contributed by atoms with Crippen LogP contribution in [0.4, 0.5) is 0 Å². The molecule has 0 saturated heterocycles. The summed E-state index contributed by atoms with van der Waals surface area (Å²) in [5.41, 5.74) is -0.477. The molecule has 0 aromatic carbocycles. The van der Waals surface area contributed by atoms with E-state index in [1.807, 2.05) is 26.0 Å². The summed E-state index contributed by atoms with van der Waals surface area (Å²) in [7, 11) is 1.58. The van der Waals surface area contributed by atoms with Gasteiger partial charge in [0.15, 0.2) is 0 Å². The van der Waals surface area contributed by atoms with Crippen LogP contribution in [0.5, 0.6) is 0 Å². The Hall–Kier alpha value is -1.66. The minimum atomic E-state index is -0.977. The lowest BCUT2D eigenvalue weighted by molar-refractivity contribution is -0.131. The monoisotopic (exact) mass is 297 g/mol. The zero-order valence-corrected chi connectivity index (χ0v) is 12.6. The molecule has 0 aliphatic heterocycles. The van der Waals surface area contributed by atoms with Gasteiger partial charge >= 0.3 is 5.97 Å². The smallest absolute Gasteiger partial charge is 0.328 e. The van der Waals surface area contributed by atoms with Crippen molar-refractivity contribution >= 4 is 29.3 Å². The number of carbonyl (C=O) groups is 2. The average molecular weight is 297 g/mol. The molecule has 0 fully saturated rings. The van der Waals surface area contributed by atoms with Crippen LogP contribution in [0, 0.1) is 0 Å². The van der Waals surface area contributed by atoms with Crippen molar-refractivity contribution in [1.29, 1.82) is 0 Å². The van der Waals surface area contributed by atoms with Crippen molar-refractivity contribution in [3.63, 3.8) is 0 Å².